The Bertz CT molecular complexity index is 794. The summed E-state index contributed by atoms with van der Waals surface area (Å²) >= 11 is 0. The Hall–Kier alpha value is -2.74. The molecule has 128 valence electrons. The molecular formula is C23H25NO. The van der Waals surface area contributed by atoms with Crippen molar-refractivity contribution in [3.8, 4) is 5.75 Å². The number of rotatable bonds is 7. The van der Waals surface area contributed by atoms with E-state index in [1.165, 1.54) is 22.3 Å². The maximum atomic E-state index is 5.84. The molecule has 0 saturated carbocycles. The van der Waals surface area contributed by atoms with Crippen LogP contribution in [0.1, 0.15) is 22.3 Å². The molecule has 0 radical (unpaired) electrons. The van der Waals surface area contributed by atoms with Gasteiger partial charge in [-0.3, -0.25) is 0 Å². The second-order valence-electron chi connectivity index (χ2n) is 6.38. The topological polar surface area (TPSA) is 21.3 Å². The predicted octanol–water partition coefficient (Wildman–Crippen LogP) is 5.54. The molecule has 1 N–H and O–H groups in total. The first-order valence-corrected chi connectivity index (χ1v) is 8.77. The van der Waals surface area contributed by atoms with E-state index < -0.39 is 0 Å². The lowest BCUT2D eigenvalue weighted by molar-refractivity contribution is 0.322. The average molecular weight is 331 g/mol. The molecule has 3 rings (SSSR count). The van der Waals surface area contributed by atoms with Crippen molar-refractivity contribution in [1.82, 2.24) is 0 Å². The SMILES string of the molecule is Cc1ccc(NCc2ccc(OCCc3ccccc3)cc2)cc1C. The van der Waals surface area contributed by atoms with Gasteiger partial charge in [-0.25, -0.2) is 0 Å². The van der Waals surface area contributed by atoms with Crippen LogP contribution in [0.2, 0.25) is 0 Å². The first-order chi connectivity index (χ1) is 12.2. The molecule has 2 heteroatoms. The molecule has 0 atom stereocenters. The van der Waals surface area contributed by atoms with Gasteiger partial charge in [-0.05, 0) is 60.4 Å². The van der Waals surface area contributed by atoms with Crippen molar-refractivity contribution < 1.29 is 4.74 Å². The Kier molecular flexibility index (Phi) is 5.73. The Morgan fingerprint density at radius 3 is 2.24 bits per heavy atom. The summed E-state index contributed by atoms with van der Waals surface area (Å²) in [4.78, 5) is 0. The van der Waals surface area contributed by atoms with E-state index in [-0.39, 0.29) is 0 Å². The molecule has 0 heterocycles. The number of hydrogen-bond donors (Lipinski definition) is 1. The summed E-state index contributed by atoms with van der Waals surface area (Å²) in [5.74, 6) is 0.922. The Morgan fingerprint density at radius 1 is 0.760 bits per heavy atom. The molecule has 0 spiro atoms. The first kappa shape index (κ1) is 17.1. The molecule has 3 aromatic carbocycles. The van der Waals surface area contributed by atoms with Crippen LogP contribution in [-0.2, 0) is 13.0 Å². The van der Waals surface area contributed by atoms with Crippen LogP contribution in [0.3, 0.4) is 0 Å². The van der Waals surface area contributed by atoms with Gasteiger partial charge in [0.1, 0.15) is 5.75 Å². The summed E-state index contributed by atoms with van der Waals surface area (Å²) in [7, 11) is 0. The van der Waals surface area contributed by atoms with Crippen LogP contribution in [0.25, 0.3) is 0 Å². The average Bonchev–Trinajstić information content (AvgIpc) is 2.65. The third-order valence-corrected chi connectivity index (χ3v) is 4.43. The molecule has 0 aromatic heterocycles. The summed E-state index contributed by atoms with van der Waals surface area (Å²) in [6.45, 7) is 5.79. The molecule has 2 nitrogen and oxygen atoms in total. The van der Waals surface area contributed by atoms with Gasteiger partial charge in [0.25, 0.3) is 0 Å². The van der Waals surface area contributed by atoms with Gasteiger partial charge < -0.3 is 10.1 Å². The zero-order valence-electron chi connectivity index (χ0n) is 15.0. The zero-order valence-corrected chi connectivity index (χ0v) is 15.0. The summed E-state index contributed by atoms with van der Waals surface area (Å²) in [5.41, 5.74) is 6.34. The van der Waals surface area contributed by atoms with Crippen molar-refractivity contribution in [2.75, 3.05) is 11.9 Å². The number of aryl methyl sites for hydroxylation is 2. The first-order valence-electron chi connectivity index (χ1n) is 8.77. The van der Waals surface area contributed by atoms with E-state index in [2.05, 4.69) is 73.8 Å². The second kappa shape index (κ2) is 8.39. The van der Waals surface area contributed by atoms with E-state index in [4.69, 9.17) is 4.74 Å². The fourth-order valence-electron chi connectivity index (χ4n) is 2.69. The molecule has 0 aliphatic carbocycles. The smallest absolute Gasteiger partial charge is 0.119 e. The molecule has 25 heavy (non-hydrogen) atoms. The largest absolute Gasteiger partial charge is 0.493 e. The number of anilines is 1. The van der Waals surface area contributed by atoms with Gasteiger partial charge in [0, 0.05) is 18.7 Å². The molecule has 0 saturated heterocycles. The molecule has 0 aliphatic heterocycles. The lowest BCUT2D eigenvalue weighted by atomic mass is 10.1. The lowest BCUT2D eigenvalue weighted by Crippen LogP contribution is -2.02. The number of ether oxygens (including phenoxy) is 1. The normalized spacial score (nSPS) is 10.5. The van der Waals surface area contributed by atoms with Crippen LogP contribution in [0.15, 0.2) is 72.8 Å². The third kappa shape index (κ3) is 5.12. The van der Waals surface area contributed by atoms with E-state index in [0.29, 0.717) is 6.61 Å². The van der Waals surface area contributed by atoms with Crippen molar-refractivity contribution in [1.29, 1.82) is 0 Å². The van der Waals surface area contributed by atoms with Crippen LogP contribution in [0, 0.1) is 13.8 Å². The Labute approximate surface area is 150 Å². The highest BCUT2D eigenvalue weighted by Crippen LogP contribution is 2.17. The van der Waals surface area contributed by atoms with Gasteiger partial charge in [0.2, 0.25) is 0 Å². The number of hydrogen-bond acceptors (Lipinski definition) is 2. The van der Waals surface area contributed by atoms with Crippen LogP contribution in [0.5, 0.6) is 5.75 Å². The Morgan fingerprint density at radius 2 is 1.52 bits per heavy atom. The van der Waals surface area contributed by atoms with Gasteiger partial charge in [-0.1, -0.05) is 48.5 Å². The molecule has 0 fully saturated rings. The molecule has 0 aliphatic rings. The fourth-order valence-corrected chi connectivity index (χ4v) is 2.69. The van der Waals surface area contributed by atoms with Crippen LogP contribution < -0.4 is 10.1 Å². The van der Waals surface area contributed by atoms with E-state index in [1.807, 2.05) is 18.2 Å². The van der Waals surface area contributed by atoms with Gasteiger partial charge in [0.15, 0.2) is 0 Å². The van der Waals surface area contributed by atoms with Crippen molar-refractivity contribution >= 4 is 5.69 Å². The van der Waals surface area contributed by atoms with Crippen molar-refractivity contribution in [3.63, 3.8) is 0 Å². The van der Waals surface area contributed by atoms with Crippen LogP contribution in [-0.4, -0.2) is 6.61 Å². The fraction of sp³-hybridized carbons (Fsp3) is 0.217. The lowest BCUT2D eigenvalue weighted by Gasteiger charge is -2.10. The second-order valence-corrected chi connectivity index (χ2v) is 6.38. The highest BCUT2D eigenvalue weighted by molar-refractivity contribution is 5.48. The minimum absolute atomic E-state index is 0.699. The summed E-state index contributed by atoms with van der Waals surface area (Å²) in [6.07, 6.45) is 0.928. The van der Waals surface area contributed by atoms with E-state index >= 15 is 0 Å². The quantitative estimate of drug-likeness (QED) is 0.614. The molecule has 3 aromatic rings. The standard InChI is InChI=1S/C23H25NO/c1-18-8-11-22(16-19(18)2)24-17-21-9-12-23(13-10-21)25-15-14-20-6-4-3-5-7-20/h3-13,16,24H,14-15,17H2,1-2H3. The van der Waals surface area contributed by atoms with E-state index in [1.54, 1.807) is 0 Å². The van der Waals surface area contributed by atoms with Crippen molar-refractivity contribution in [2.24, 2.45) is 0 Å². The zero-order chi connectivity index (χ0) is 17.5. The third-order valence-electron chi connectivity index (χ3n) is 4.43. The van der Waals surface area contributed by atoms with E-state index in [9.17, 15) is 0 Å². The minimum atomic E-state index is 0.699. The summed E-state index contributed by atoms with van der Waals surface area (Å²) in [5, 5.41) is 3.47. The van der Waals surface area contributed by atoms with E-state index in [0.717, 1.165) is 24.4 Å². The summed E-state index contributed by atoms with van der Waals surface area (Å²) in [6, 6.07) is 25.2. The van der Waals surface area contributed by atoms with Crippen LogP contribution >= 0.6 is 0 Å². The van der Waals surface area contributed by atoms with Gasteiger partial charge >= 0.3 is 0 Å². The molecule has 0 bridgehead atoms. The minimum Gasteiger partial charge on any atom is -0.493 e. The maximum Gasteiger partial charge on any atom is 0.119 e. The Balaban J connectivity index is 1.47. The number of nitrogens with one attached hydrogen (secondary N) is 1. The summed E-state index contributed by atoms with van der Waals surface area (Å²) < 4.78 is 5.84. The van der Waals surface area contributed by atoms with Gasteiger partial charge in [-0.2, -0.15) is 0 Å². The monoisotopic (exact) mass is 331 g/mol. The van der Waals surface area contributed by atoms with Gasteiger partial charge in [-0.15, -0.1) is 0 Å². The molecule has 0 unspecified atom stereocenters. The molecule has 0 amide bonds. The maximum absolute atomic E-state index is 5.84. The van der Waals surface area contributed by atoms with Crippen molar-refractivity contribution in [3.05, 3.63) is 95.1 Å². The highest BCUT2D eigenvalue weighted by Gasteiger charge is 1.99. The molecular weight excluding hydrogens is 306 g/mol. The van der Waals surface area contributed by atoms with Crippen molar-refractivity contribution in [2.45, 2.75) is 26.8 Å². The van der Waals surface area contributed by atoms with Gasteiger partial charge in [0.05, 0.1) is 6.61 Å². The number of benzene rings is 3. The highest BCUT2D eigenvalue weighted by atomic mass is 16.5. The van der Waals surface area contributed by atoms with Crippen LogP contribution in [0.4, 0.5) is 5.69 Å². The predicted molar refractivity (Wildman–Crippen MR) is 105 cm³/mol.